The minimum absolute atomic E-state index is 0.0622. The Morgan fingerprint density at radius 3 is 2.00 bits per heavy atom. The van der Waals surface area contributed by atoms with Crippen LogP contribution in [0, 0.1) is 17.8 Å². The van der Waals surface area contributed by atoms with Crippen molar-refractivity contribution in [3.05, 3.63) is 48.6 Å². The smallest absolute Gasteiger partial charge is 0.408 e. The molecule has 0 radical (unpaired) electrons. The van der Waals surface area contributed by atoms with Gasteiger partial charge in [-0.05, 0) is 82.5 Å². The number of nitrogens with zero attached hydrogens (tertiary/aromatic N) is 1. The Balaban J connectivity index is 3.38. The van der Waals surface area contributed by atoms with E-state index in [1.54, 1.807) is 41.5 Å². The molecule has 404 valence electrons. The van der Waals surface area contributed by atoms with Crippen molar-refractivity contribution in [2.45, 2.75) is 202 Å². The molecule has 1 rings (SSSR count). The van der Waals surface area contributed by atoms with Crippen molar-refractivity contribution in [3.63, 3.8) is 0 Å². The summed E-state index contributed by atoms with van der Waals surface area (Å²) >= 11 is 0. The molecule has 71 heavy (non-hydrogen) atoms. The average Bonchev–Trinajstić information content (AvgIpc) is 3.28. The third-order valence-corrected chi connectivity index (χ3v) is 17.2. The van der Waals surface area contributed by atoms with Gasteiger partial charge in [-0.3, -0.25) is 24.0 Å². The number of benzene rings is 1. The van der Waals surface area contributed by atoms with Crippen molar-refractivity contribution in [2.75, 3.05) is 26.8 Å². The van der Waals surface area contributed by atoms with Gasteiger partial charge in [-0.25, -0.2) is 9.59 Å². The topological polar surface area (TPSA) is 217 Å². The summed E-state index contributed by atoms with van der Waals surface area (Å²) in [6.45, 7) is 31.2. The van der Waals surface area contributed by atoms with Gasteiger partial charge in [0.25, 0.3) is 0 Å². The molecule has 0 aliphatic heterocycles. The molecule has 0 bridgehead atoms. The van der Waals surface area contributed by atoms with Crippen molar-refractivity contribution >= 4 is 50.0 Å². The Bertz CT molecular complexity index is 1850. The highest BCUT2D eigenvalue weighted by molar-refractivity contribution is 6.74. The van der Waals surface area contributed by atoms with Crippen LogP contribution < -0.4 is 21.3 Å². The number of nitrogens with one attached hydrogen (secondary N) is 4. The summed E-state index contributed by atoms with van der Waals surface area (Å²) < 4.78 is 29.0. The van der Waals surface area contributed by atoms with Gasteiger partial charge < -0.3 is 49.5 Å². The second-order valence-corrected chi connectivity index (χ2v) is 26.3. The van der Waals surface area contributed by atoms with E-state index < -0.39 is 110 Å². The van der Waals surface area contributed by atoms with Crippen LogP contribution in [-0.4, -0.2) is 124 Å². The van der Waals surface area contributed by atoms with Crippen LogP contribution in [-0.2, 0) is 58.7 Å². The molecule has 8 atom stereocenters. The van der Waals surface area contributed by atoms with Crippen molar-refractivity contribution < 1.29 is 56.9 Å². The number of unbranched alkanes of at least 4 members (excludes halogenated alkanes) is 3. The summed E-state index contributed by atoms with van der Waals surface area (Å²) in [5, 5.41) is 10.7. The van der Waals surface area contributed by atoms with Crippen LogP contribution in [0.2, 0.25) is 18.1 Å². The number of carbonyl (C=O) groups excluding carboxylic acids is 7. The fourth-order valence-electron chi connectivity index (χ4n) is 7.22. The number of ether oxygens (including phenoxy) is 4. The Hall–Kier alpha value is -4.81. The van der Waals surface area contributed by atoms with E-state index in [0.717, 1.165) is 24.8 Å². The largest absolute Gasteiger partial charge is 0.460 e. The summed E-state index contributed by atoms with van der Waals surface area (Å²) in [7, 11) is -0.915. The number of carbonyl (C=O) groups is 7. The molecular weight excluding hydrogens is 927 g/mol. The third kappa shape index (κ3) is 23.5. The second kappa shape index (κ2) is 30.9. The SMILES string of the molecule is C=CCOC(=O)[C@@H](COCc1ccccc1)NC(=O)[C@@H](NC(=O)[C@H](CC(C)C)N(C)C(=O)[C@H](C)[C@@H](CCCCCC)OC(=O)CNC(=O)[C@@H](NC(=O)OC(C)(C)C)[C@H](C)O[Si](C)(C)C(C)(C)C)[C@H](C)CC. The normalized spacial score (nSPS) is 15.3. The molecule has 0 spiro atoms. The lowest BCUT2D eigenvalue weighted by Crippen LogP contribution is -2.59. The molecule has 5 amide bonds. The zero-order valence-corrected chi connectivity index (χ0v) is 47.0. The number of hydrogen-bond acceptors (Lipinski definition) is 12. The van der Waals surface area contributed by atoms with Gasteiger partial charge in [-0.2, -0.15) is 0 Å². The third-order valence-electron chi connectivity index (χ3n) is 12.6. The molecule has 1 aromatic rings. The number of rotatable bonds is 31. The van der Waals surface area contributed by atoms with Crippen LogP contribution >= 0.6 is 0 Å². The van der Waals surface area contributed by atoms with E-state index in [1.165, 1.54) is 18.0 Å². The summed E-state index contributed by atoms with van der Waals surface area (Å²) in [5.74, 6) is -5.26. The van der Waals surface area contributed by atoms with Crippen LogP contribution in [0.3, 0.4) is 0 Å². The Kier molecular flexibility index (Phi) is 28.0. The van der Waals surface area contributed by atoms with Crippen LogP contribution in [0.4, 0.5) is 4.79 Å². The maximum atomic E-state index is 14.5. The van der Waals surface area contributed by atoms with Crippen molar-refractivity contribution in [2.24, 2.45) is 17.8 Å². The monoisotopic (exact) mass is 1020 g/mol. The van der Waals surface area contributed by atoms with E-state index in [-0.39, 0.29) is 37.2 Å². The zero-order valence-electron chi connectivity index (χ0n) is 46.0. The molecular formula is C53H91N5O12Si. The standard InChI is InChI=1S/C53H91N5O12Si/c1-18-21-22-26-29-42(68-43(59)32-54-47(61)45(57-51(65)69-52(9,10)11)38(8)70-71(16,17)53(12,13)14)37(7)49(63)58(15)41(31-35(4)5)46(60)56-44(36(6)20-3)48(62)55-40(50(64)67-30-19-2)34-66-33-39-27-24-23-25-28-39/h19,23-25,27-28,35-38,40-42,44-45H,2,18,20-22,26,29-34H2,1,3-17H3,(H,54,61)(H,55,62)(H,56,60)(H,57,65)/t36-,37-,38+,40-,41+,42-,44+,45+/m1/s1. The van der Waals surface area contributed by atoms with Crippen molar-refractivity contribution in [1.29, 1.82) is 0 Å². The fraction of sp³-hybridized carbons (Fsp3) is 0.717. The van der Waals surface area contributed by atoms with Crippen LogP contribution in [0.1, 0.15) is 141 Å². The molecule has 17 nitrogen and oxygen atoms in total. The number of esters is 2. The lowest BCUT2D eigenvalue weighted by atomic mass is 9.94. The molecule has 0 aliphatic carbocycles. The molecule has 0 saturated carbocycles. The number of alkyl carbamates (subject to hydrolysis) is 1. The Morgan fingerprint density at radius 2 is 1.45 bits per heavy atom. The molecule has 4 N–H and O–H groups in total. The molecule has 0 saturated heterocycles. The predicted molar refractivity (Wildman–Crippen MR) is 278 cm³/mol. The molecule has 0 heterocycles. The van der Waals surface area contributed by atoms with Gasteiger partial charge in [0.15, 0.2) is 14.4 Å². The highest BCUT2D eigenvalue weighted by Gasteiger charge is 2.42. The maximum Gasteiger partial charge on any atom is 0.408 e. The van der Waals surface area contributed by atoms with Crippen LogP contribution in [0.5, 0.6) is 0 Å². The first-order chi connectivity index (χ1) is 33.0. The molecule has 1 aromatic carbocycles. The minimum Gasteiger partial charge on any atom is -0.460 e. The van der Waals surface area contributed by atoms with E-state index in [1.807, 2.05) is 64.2 Å². The van der Waals surface area contributed by atoms with E-state index in [0.29, 0.717) is 19.3 Å². The Labute approximate surface area is 426 Å². The summed E-state index contributed by atoms with van der Waals surface area (Å²) in [6, 6.07) is 4.78. The van der Waals surface area contributed by atoms with E-state index in [2.05, 4.69) is 55.5 Å². The first kappa shape index (κ1) is 64.2. The Morgan fingerprint density at radius 1 is 0.817 bits per heavy atom. The summed E-state index contributed by atoms with van der Waals surface area (Å²) in [4.78, 5) is 97.8. The van der Waals surface area contributed by atoms with E-state index in [4.69, 9.17) is 23.4 Å². The van der Waals surface area contributed by atoms with Crippen LogP contribution in [0.15, 0.2) is 43.0 Å². The molecule has 0 aromatic heterocycles. The van der Waals surface area contributed by atoms with Gasteiger partial charge in [-0.1, -0.05) is 131 Å². The maximum absolute atomic E-state index is 14.5. The van der Waals surface area contributed by atoms with Gasteiger partial charge in [-0.15, -0.1) is 0 Å². The molecule has 0 unspecified atom stereocenters. The number of amides is 5. The highest BCUT2D eigenvalue weighted by atomic mass is 28.4. The van der Waals surface area contributed by atoms with Crippen LogP contribution in [0.25, 0.3) is 0 Å². The lowest BCUT2D eigenvalue weighted by molar-refractivity contribution is -0.158. The average molecular weight is 1020 g/mol. The van der Waals surface area contributed by atoms with Gasteiger partial charge in [0.1, 0.15) is 43.0 Å². The van der Waals surface area contributed by atoms with Gasteiger partial charge in [0, 0.05) is 7.05 Å². The van der Waals surface area contributed by atoms with Gasteiger partial charge in [0.05, 0.1) is 25.2 Å². The minimum atomic E-state index is -2.43. The van der Waals surface area contributed by atoms with Crippen molar-refractivity contribution in [1.82, 2.24) is 26.2 Å². The van der Waals surface area contributed by atoms with E-state index >= 15 is 0 Å². The molecule has 0 fully saturated rings. The zero-order chi connectivity index (χ0) is 54.3. The summed E-state index contributed by atoms with van der Waals surface area (Å²) in [6.07, 6.45) is 3.28. The summed E-state index contributed by atoms with van der Waals surface area (Å²) in [5.41, 5.74) is 0.0267. The number of hydrogen-bond donors (Lipinski definition) is 4. The first-order valence-electron chi connectivity index (χ1n) is 25.4. The van der Waals surface area contributed by atoms with E-state index in [9.17, 15) is 33.6 Å². The molecule has 0 aliphatic rings. The van der Waals surface area contributed by atoms with Crippen molar-refractivity contribution in [3.8, 4) is 0 Å². The van der Waals surface area contributed by atoms with Gasteiger partial charge >= 0.3 is 18.0 Å². The highest BCUT2D eigenvalue weighted by Crippen LogP contribution is 2.37. The van der Waals surface area contributed by atoms with Gasteiger partial charge in [0.2, 0.25) is 23.6 Å². The predicted octanol–water partition coefficient (Wildman–Crippen LogP) is 7.76. The lowest BCUT2D eigenvalue weighted by Gasteiger charge is -2.40. The first-order valence-corrected chi connectivity index (χ1v) is 28.3. The number of likely N-dealkylation sites (N-methyl/N-ethyl adjacent to an activating group) is 1. The quantitative estimate of drug-likeness (QED) is 0.0185. The fourth-order valence-corrected chi connectivity index (χ4v) is 8.64. The molecule has 18 heteroatoms. The second-order valence-electron chi connectivity index (χ2n) is 21.5.